The van der Waals surface area contributed by atoms with Crippen LogP contribution in [0.1, 0.15) is 36.0 Å². The van der Waals surface area contributed by atoms with E-state index in [9.17, 15) is 13.2 Å². The molecule has 0 aliphatic heterocycles. The van der Waals surface area contributed by atoms with Crippen molar-refractivity contribution in [1.82, 2.24) is 4.31 Å². The van der Waals surface area contributed by atoms with Crippen molar-refractivity contribution >= 4 is 39.2 Å². The molecular formula is C13H15Cl2NO4S. The maximum Gasteiger partial charge on any atom is 0.337 e. The monoisotopic (exact) mass is 351 g/mol. The van der Waals surface area contributed by atoms with Crippen LogP contribution in [-0.4, -0.2) is 36.9 Å². The molecule has 0 atom stereocenters. The minimum Gasteiger partial charge on any atom is -0.478 e. The SMILES string of the molecule is CN(C1CCCC1)S(=O)(=O)c1cc(C(=O)O)c(Cl)cc1Cl. The Morgan fingerprint density at radius 3 is 2.33 bits per heavy atom. The van der Waals surface area contributed by atoms with Gasteiger partial charge in [-0.05, 0) is 25.0 Å². The number of carboxylic acid groups (broad SMARTS) is 1. The zero-order chi connectivity index (χ0) is 15.8. The van der Waals surface area contributed by atoms with E-state index in [4.69, 9.17) is 28.3 Å². The molecule has 0 radical (unpaired) electrons. The van der Waals surface area contributed by atoms with Crippen molar-refractivity contribution in [1.29, 1.82) is 0 Å². The minimum absolute atomic E-state index is 0.0741. The smallest absolute Gasteiger partial charge is 0.337 e. The highest BCUT2D eigenvalue weighted by Gasteiger charge is 2.32. The van der Waals surface area contributed by atoms with Crippen LogP contribution in [0, 0.1) is 0 Å². The van der Waals surface area contributed by atoms with Crippen molar-refractivity contribution in [3.63, 3.8) is 0 Å². The Hall–Kier alpha value is -0.820. The van der Waals surface area contributed by atoms with E-state index in [0.717, 1.165) is 37.8 Å². The highest BCUT2D eigenvalue weighted by molar-refractivity contribution is 7.89. The lowest BCUT2D eigenvalue weighted by Crippen LogP contribution is -2.35. The van der Waals surface area contributed by atoms with E-state index in [1.54, 1.807) is 0 Å². The number of rotatable bonds is 4. The molecule has 0 spiro atoms. The molecule has 116 valence electrons. The molecule has 0 aromatic heterocycles. The normalized spacial score (nSPS) is 16.6. The van der Waals surface area contributed by atoms with E-state index < -0.39 is 16.0 Å². The molecule has 0 saturated heterocycles. The summed E-state index contributed by atoms with van der Waals surface area (Å²) in [5.74, 6) is -1.29. The van der Waals surface area contributed by atoms with E-state index in [1.807, 2.05) is 0 Å². The van der Waals surface area contributed by atoms with Crippen LogP contribution >= 0.6 is 23.2 Å². The van der Waals surface area contributed by atoms with Crippen molar-refractivity contribution in [2.24, 2.45) is 0 Å². The number of nitrogens with zero attached hydrogens (tertiary/aromatic N) is 1. The molecule has 1 fully saturated rings. The van der Waals surface area contributed by atoms with Gasteiger partial charge in [0.15, 0.2) is 0 Å². The highest BCUT2D eigenvalue weighted by Crippen LogP contribution is 2.33. The molecular weight excluding hydrogens is 337 g/mol. The Kier molecular flexibility index (Phi) is 4.82. The molecule has 0 heterocycles. The minimum atomic E-state index is -3.85. The van der Waals surface area contributed by atoms with Gasteiger partial charge in [-0.1, -0.05) is 36.0 Å². The molecule has 0 unspecified atom stereocenters. The third-order valence-corrected chi connectivity index (χ3v) is 6.44. The molecule has 2 rings (SSSR count). The summed E-state index contributed by atoms with van der Waals surface area (Å²) in [6.07, 6.45) is 3.57. The Morgan fingerprint density at radius 2 is 1.81 bits per heavy atom. The van der Waals surface area contributed by atoms with Gasteiger partial charge in [0.05, 0.1) is 15.6 Å². The standard InChI is InChI=1S/C13H15Cl2NO4S/c1-16(8-4-2-3-5-8)21(19,20)12-6-9(13(17)18)10(14)7-11(12)15/h6-8H,2-5H2,1H3,(H,17,18). The van der Waals surface area contributed by atoms with Gasteiger partial charge in [-0.25, -0.2) is 13.2 Å². The largest absolute Gasteiger partial charge is 0.478 e. The highest BCUT2D eigenvalue weighted by atomic mass is 35.5. The van der Waals surface area contributed by atoms with Gasteiger partial charge in [0, 0.05) is 13.1 Å². The summed E-state index contributed by atoms with van der Waals surface area (Å²) in [5, 5.41) is 8.90. The van der Waals surface area contributed by atoms with Gasteiger partial charge in [0.1, 0.15) is 4.90 Å². The molecule has 0 bridgehead atoms. The van der Waals surface area contributed by atoms with Crippen molar-refractivity contribution in [2.75, 3.05) is 7.05 Å². The average Bonchev–Trinajstić information content (AvgIpc) is 2.90. The summed E-state index contributed by atoms with van der Waals surface area (Å²) in [7, 11) is -2.35. The molecule has 1 aromatic rings. The van der Waals surface area contributed by atoms with Crippen LogP contribution in [0.15, 0.2) is 17.0 Å². The van der Waals surface area contributed by atoms with Gasteiger partial charge in [-0.3, -0.25) is 0 Å². The third-order valence-electron chi connectivity index (χ3n) is 3.75. The van der Waals surface area contributed by atoms with Gasteiger partial charge in [-0.15, -0.1) is 0 Å². The molecule has 1 aromatic carbocycles. The Labute approximate surface area is 133 Å². The predicted octanol–water partition coefficient (Wildman–Crippen LogP) is 3.25. The second kappa shape index (κ2) is 6.12. The zero-order valence-corrected chi connectivity index (χ0v) is 13.7. The van der Waals surface area contributed by atoms with E-state index in [1.165, 1.54) is 11.4 Å². The first-order valence-corrected chi connectivity index (χ1v) is 8.65. The molecule has 1 aliphatic carbocycles. The number of benzene rings is 1. The lowest BCUT2D eigenvalue weighted by atomic mass is 10.2. The van der Waals surface area contributed by atoms with Crippen LogP contribution in [0.3, 0.4) is 0 Å². The number of halogens is 2. The lowest BCUT2D eigenvalue weighted by molar-refractivity contribution is 0.0697. The van der Waals surface area contributed by atoms with Gasteiger partial charge >= 0.3 is 5.97 Å². The maximum absolute atomic E-state index is 12.6. The second-order valence-electron chi connectivity index (χ2n) is 5.03. The molecule has 1 aliphatic rings. The van der Waals surface area contributed by atoms with Gasteiger partial charge in [0.2, 0.25) is 10.0 Å². The summed E-state index contributed by atoms with van der Waals surface area (Å²) in [4.78, 5) is 10.9. The van der Waals surface area contributed by atoms with Crippen LogP contribution in [0.5, 0.6) is 0 Å². The molecule has 1 N–H and O–H groups in total. The van der Waals surface area contributed by atoms with Crippen molar-refractivity contribution in [3.8, 4) is 0 Å². The lowest BCUT2D eigenvalue weighted by Gasteiger charge is -2.24. The van der Waals surface area contributed by atoms with Crippen molar-refractivity contribution in [2.45, 2.75) is 36.6 Å². The molecule has 8 heteroatoms. The fraction of sp³-hybridized carbons (Fsp3) is 0.462. The van der Waals surface area contributed by atoms with E-state index >= 15 is 0 Å². The quantitative estimate of drug-likeness (QED) is 0.903. The van der Waals surface area contributed by atoms with E-state index in [-0.39, 0.29) is 26.5 Å². The number of hydrogen-bond acceptors (Lipinski definition) is 3. The van der Waals surface area contributed by atoms with Crippen LogP contribution in [0.25, 0.3) is 0 Å². The van der Waals surface area contributed by atoms with Crippen LogP contribution in [0.2, 0.25) is 10.0 Å². The number of carbonyl (C=O) groups is 1. The van der Waals surface area contributed by atoms with Crippen LogP contribution in [0.4, 0.5) is 0 Å². The fourth-order valence-corrected chi connectivity index (χ4v) is 4.75. The maximum atomic E-state index is 12.6. The van der Waals surface area contributed by atoms with Crippen LogP contribution < -0.4 is 0 Å². The second-order valence-corrected chi connectivity index (χ2v) is 7.81. The summed E-state index contributed by atoms with van der Waals surface area (Å²) in [5.41, 5.74) is -0.278. The third kappa shape index (κ3) is 3.18. The summed E-state index contributed by atoms with van der Waals surface area (Å²) >= 11 is 11.7. The number of aromatic carboxylic acids is 1. The fourth-order valence-electron chi connectivity index (χ4n) is 2.51. The van der Waals surface area contributed by atoms with Crippen molar-refractivity contribution < 1.29 is 18.3 Å². The topological polar surface area (TPSA) is 74.7 Å². The summed E-state index contributed by atoms with van der Waals surface area (Å²) < 4.78 is 26.5. The predicted molar refractivity (Wildman–Crippen MR) is 80.6 cm³/mol. The average molecular weight is 352 g/mol. The zero-order valence-electron chi connectivity index (χ0n) is 11.3. The molecule has 0 amide bonds. The molecule has 21 heavy (non-hydrogen) atoms. The van der Waals surface area contributed by atoms with E-state index in [0.29, 0.717) is 0 Å². The summed E-state index contributed by atoms with van der Waals surface area (Å²) in [6.45, 7) is 0. The Balaban J connectivity index is 2.48. The van der Waals surface area contributed by atoms with Gasteiger partial charge < -0.3 is 5.11 Å². The van der Waals surface area contributed by atoms with E-state index in [2.05, 4.69) is 0 Å². The number of sulfonamides is 1. The van der Waals surface area contributed by atoms with Gasteiger partial charge in [-0.2, -0.15) is 4.31 Å². The Bertz CT molecular complexity index is 669. The molecule has 1 saturated carbocycles. The number of carboxylic acids is 1. The first-order valence-electron chi connectivity index (χ1n) is 6.45. The first-order chi connectivity index (χ1) is 9.75. The van der Waals surface area contributed by atoms with Crippen LogP contribution in [-0.2, 0) is 10.0 Å². The summed E-state index contributed by atoms with van der Waals surface area (Å²) in [6, 6.07) is 2.10. The van der Waals surface area contributed by atoms with Gasteiger partial charge in [0.25, 0.3) is 0 Å². The van der Waals surface area contributed by atoms with Crippen molar-refractivity contribution in [3.05, 3.63) is 27.7 Å². The Morgan fingerprint density at radius 1 is 1.24 bits per heavy atom. The first kappa shape index (κ1) is 16.5. The number of hydrogen-bond donors (Lipinski definition) is 1. The molecule has 5 nitrogen and oxygen atoms in total.